The van der Waals surface area contributed by atoms with Gasteiger partial charge < -0.3 is 14.2 Å². The van der Waals surface area contributed by atoms with Crippen molar-refractivity contribution in [1.29, 1.82) is 0 Å². The van der Waals surface area contributed by atoms with Gasteiger partial charge in [-0.15, -0.1) is 0 Å². The van der Waals surface area contributed by atoms with Crippen LogP contribution in [-0.2, 0) is 29.0 Å². The number of hydrogen-bond donors (Lipinski definition) is 0. The van der Waals surface area contributed by atoms with E-state index < -0.39 is 38.9 Å². The molecule has 2 aliphatic rings. The summed E-state index contributed by atoms with van der Waals surface area (Å²) in [6.45, 7) is 6.86. The number of halogens is 3. The Morgan fingerprint density at radius 1 is 1.03 bits per heavy atom. The van der Waals surface area contributed by atoms with E-state index in [9.17, 15) is 26.4 Å². The van der Waals surface area contributed by atoms with Crippen LogP contribution in [0.4, 0.5) is 13.2 Å². The highest BCUT2D eigenvalue weighted by Gasteiger charge is 2.56. The molecular weight excluding hydrogens is 475 g/mol. The molecule has 0 aliphatic carbocycles. The molecule has 0 spiro atoms. The largest absolute Gasteiger partial charge is 0.459 e. The molecular formula is C23H40F3NO6S. The van der Waals surface area contributed by atoms with Crippen molar-refractivity contribution in [3.05, 3.63) is 0 Å². The second-order valence-corrected chi connectivity index (χ2v) is 12.5. The van der Waals surface area contributed by atoms with E-state index in [1.54, 1.807) is 20.8 Å². The molecule has 0 atom stereocenters. The van der Waals surface area contributed by atoms with Crippen molar-refractivity contribution in [2.24, 2.45) is 5.92 Å². The number of alkyl halides is 3. The van der Waals surface area contributed by atoms with E-state index in [0.717, 1.165) is 19.3 Å². The van der Waals surface area contributed by atoms with Gasteiger partial charge in [-0.25, -0.2) is 12.7 Å². The van der Waals surface area contributed by atoms with Gasteiger partial charge in [-0.2, -0.15) is 13.2 Å². The van der Waals surface area contributed by atoms with Gasteiger partial charge in [0, 0.05) is 58.8 Å². The predicted octanol–water partition coefficient (Wildman–Crippen LogP) is 4.45. The van der Waals surface area contributed by atoms with Crippen LogP contribution in [0.5, 0.6) is 0 Å². The van der Waals surface area contributed by atoms with E-state index in [1.165, 1.54) is 4.31 Å². The lowest BCUT2D eigenvalue weighted by molar-refractivity contribution is -0.161. The van der Waals surface area contributed by atoms with Gasteiger partial charge in [0.25, 0.3) is 0 Å². The number of carbonyl (C=O) groups excluding carboxylic acids is 1. The average Bonchev–Trinajstić information content (AvgIpc) is 2.74. The number of piperidine rings is 1. The van der Waals surface area contributed by atoms with Crippen molar-refractivity contribution in [3.8, 4) is 0 Å². The Hall–Kier alpha value is -0.910. The van der Waals surface area contributed by atoms with Gasteiger partial charge in [0.1, 0.15) is 5.60 Å². The average molecular weight is 516 g/mol. The number of sulfonamides is 1. The molecule has 2 saturated heterocycles. The Labute approximate surface area is 201 Å². The van der Waals surface area contributed by atoms with Crippen molar-refractivity contribution >= 4 is 16.0 Å². The van der Waals surface area contributed by atoms with Crippen LogP contribution in [0.1, 0.15) is 78.6 Å². The molecule has 2 fully saturated rings. The number of rotatable bonds is 11. The molecule has 0 radical (unpaired) electrons. The van der Waals surface area contributed by atoms with Gasteiger partial charge in [0.15, 0.2) is 4.75 Å². The molecule has 0 bridgehead atoms. The third kappa shape index (κ3) is 8.64. The summed E-state index contributed by atoms with van der Waals surface area (Å²) in [4.78, 5) is 13.1. The summed E-state index contributed by atoms with van der Waals surface area (Å²) >= 11 is 0. The molecule has 200 valence electrons. The van der Waals surface area contributed by atoms with Crippen LogP contribution in [-0.4, -0.2) is 74.7 Å². The lowest BCUT2D eigenvalue weighted by Gasteiger charge is -2.41. The number of unbranched alkanes of at least 4 members (excludes halogenated alkanes) is 1. The summed E-state index contributed by atoms with van der Waals surface area (Å²) in [5.41, 5.74) is -0.785. The minimum atomic E-state index is -4.14. The van der Waals surface area contributed by atoms with Crippen LogP contribution in [0.15, 0.2) is 0 Å². The molecule has 2 heterocycles. The van der Waals surface area contributed by atoms with Gasteiger partial charge in [-0.3, -0.25) is 4.79 Å². The minimum absolute atomic E-state index is 0.0205. The van der Waals surface area contributed by atoms with Gasteiger partial charge in [0.05, 0.1) is 0 Å². The molecule has 34 heavy (non-hydrogen) atoms. The fraction of sp³-hybridized carbons (Fsp3) is 0.957. The number of esters is 1. The standard InChI is InChI=1S/C23H40F3NO6S/c1-21(2,3)33-20(28)22(11-17-32-18-12-22)34(29,30)27-13-8-19(9-14-27)7-4-5-15-31-16-6-10-23(24,25)26/h19H,4-18H2,1-3H3. The van der Waals surface area contributed by atoms with Gasteiger partial charge >= 0.3 is 12.1 Å². The van der Waals surface area contributed by atoms with Crippen LogP contribution >= 0.6 is 0 Å². The van der Waals surface area contributed by atoms with E-state index in [4.69, 9.17) is 14.2 Å². The highest BCUT2D eigenvalue weighted by molar-refractivity contribution is 7.91. The highest BCUT2D eigenvalue weighted by atomic mass is 32.2. The zero-order valence-electron chi connectivity index (χ0n) is 20.6. The second-order valence-electron chi connectivity index (χ2n) is 10.3. The summed E-state index contributed by atoms with van der Waals surface area (Å²) in [6.07, 6.45) is -0.792. The highest BCUT2D eigenvalue weighted by Crippen LogP contribution is 2.37. The molecule has 0 saturated carbocycles. The third-order valence-corrected chi connectivity index (χ3v) is 8.99. The molecule has 0 aromatic rings. The smallest absolute Gasteiger partial charge is 0.389 e. The van der Waals surface area contributed by atoms with Crippen LogP contribution in [0.25, 0.3) is 0 Å². The Morgan fingerprint density at radius 3 is 2.18 bits per heavy atom. The second kappa shape index (κ2) is 12.4. The first-order chi connectivity index (χ1) is 15.8. The van der Waals surface area contributed by atoms with E-state index >= 15 is 0 Å². The van der Waals surface area contributed by atoms with Crippen LogP contribution in [0, 0.1) is 5.92 Å². The van der Waals surface area contributed by atoms with Crippen molar-refractivity contribution in [2.45, 2.75) is 95.1 Å². The van der Waals surface area contributed by atoms with Crippen molar-refractivity contribution in [3.63, 3.8) is 0 Å². The first-order valence-corrected chi connectivity index (χ1v) is 13.7. The summed E-state index contributed by atoms with van der Waals surface area (Å²) in [5, 5.41) is 0. The normalized spacial score (nSPS) is 20.9. The number of carbonyl (C=O) groups is 1. The summed E-state index contributed by atoms with van der Waals surface area (Å²) < 4.78 is 79.6. The molecule has 0 unspecified atom stereocenters. The van der Waals surface area contributed by atoms with Crippen molar-refractivity contribution in [2.75, 3.05) is 39.5 Å². The molecule has 7 nitrogen and oxygen atoms in total. The van der Waals surface area contributed by atoms with Gasteiger partial charge in [-0.1, -0.05) is 12.8 Å². The lowest BCUT2D eigenvalue weighted by atomic mass is 9.92. The maximum atomic E-state index is 13.6. The third-order valence-electron chi connectivity index (χ3n) is 6.38. The molecule has 0 aromatic carbocycles. The van der Waals surface area contributed by atoms with Crippen molar-refractivity contribution < 1.29 is 40.6 Å². The summed E-state index contributed by atoms with van der Waals surface area (Å²) in [7, 11) is -3.91. The Morgan fingerprint density at radius 2 is 1.62 bits per heavy atom. The summed E-state index contributed by atoms with van der Waals surface area (Å²) in [5.74, 6) is -0.315. The number of hydrogen-bond acceptors (Lipinski definition) is 6. The molecule has 0 N–H and O–H groups in total. The topological polar surface area (TPSA) is 82.1 Å². The van der Waals surface area contributed by atoms with E-state index in [0.29, 0.717) is 38.5 Å². The van der Waals surface area contributed by atoms with Crippen LogP contribution in [0.3, 0.4) is 0 Å². The molecule has 2 rings (SSSR count). The van der Waals surface area contributed by atoms with E-state index in [2.05, 4.69) is 0 Å². The number of nitrogens with zero attached hydrogens (tertiary/aromatic N) is 1. The van der Waals surface area contributed by atoms with E-state index in [1.807, 2.05) is 0 Å². The molecule has 2 aliphatic heterocycles. The molecule has 0 amide bonds. The van der Waals surface area contributed by atoms with Gasteiger partial charge in [0.2, 0.25) is 10.0 Å². The Kier molecular flexibility index (Phi) is 10.7. The maximum Gasteiger partial charge on any atom is 0.389 e. The van der Waals surface area contributed by atoms with E-state index in [-0.39, 0.29) is 39.1 Å². The Bertz CT molecular complexity index is 737. The minimum Gasteiger partial charge on any atom is -0.459 e. The fourth-order valence-electron chi connectivity index (χ4n) is 4.44. The lowest BCUT2D eigenvalue weighted by Crippen LogP contribution is -2.59. The zero-order valence-corrected chi connectivity index (χ0v) is 21.4. The monoisotopic (exact) mass is 515 g/mol. The van der Waals surface area contributed by atoms with Crippen LogP contribution in [0.2, 0.25) is 0 Å². The van der Waals surface area contributed by atoms with Gasteiger partial charge in [-0.05, 0) is 52.4 Å². The first kappa shape index (κ1) is 29.3. The predicted molar refractivity (Wildman–Crippen MR) is 122 cm³/mol. The van der Waals surface area contributed by atoms with Crippen molar-refractivity contribution in [1.82, 2.24) is 4.31 Å². The Balaban J connectivity index is 1.80. The quantitative estimate of drug-likeness (QED) is 0.299. The fourth-order valence-corrected chi connectivity index (χ4v) is 6.56. The zero-order chi connectivity index (χ0) is 25.5. The SMILES string of the molecule is CC(C)(C)OC(=O)C1(S(=O)(=O)N2CCC(CCCCOCCCC(F)(F)F)CC2)CCOCC1. The maximum absolute atomic E-state index is 13.6. The molecule has 0 aromatic heterocycles. The summed E-state index contributed by atoms with van der Waals surface area (Å²) in [6, 6.07) is 0. The van der Waals surface area contributed by atoms with Crippen LogP contribution < -0.4 is 0 Å². The molecule has 11 heteroatoms. The number of ether oxygens (including phenoxy) is 3. The first-order valence-electron chi connectivity index (χ1n) is 12.2.